The highest BCUT2D eigenvalue weighted by Gasteiger charge is 2.05. The number of nitrogens with one attached hydrogen (secondary N) is 1. The van der Waals surface area contributed by atoms with Crippen molar-refractivity contribution in [3.05, 3.63) is 35.1 Å². The second kappa shape index (κ2) is 6.17. The average Bonchev–Trinajstić information content (AvgIpc) is 2.26. The van der Waals surface area contributed by atoms with Gasteiger partial charge in [-0.25, -0.2) is 4.39 Å². The van der Waals surface area contributed by atoms with E-state index in [1.54, 1.807) is 13.0 Å². The summed E-state index contributed by atoms with van der Waals surface area (Å²) in [5, 5.41) is 23.3. The Hall–Kier alpha value is -1.66. The highest BCUT2D eigenvalue weighted by Crippen LogP contribution is 2.09. The molecule has 0 amide bonds. The van der Waals surface area contributed by atoms with Crippen molar-refractivity contribution in [3.8, 4) is 0 Å². The zero-order valence-corrected chi connectivity index (χ0v) is 9.52. The van der Waals surface area contributed by atoms with Gasteiger partial charge in [-0.05, 0) is 30.7 Å². The van der Waals surface area contributed by atoms with E-state index in [9.17, 15) is 4.39 Å². The molecule has 0 bridgehead atoms. The van der Waals surface area contributed by atoms with Gasteiger partial charge in [-0.1, -0.05) is 5.16 Å². The van der Waals surface area contributed by atoms with Crippen LogP contribution in [0.4, 0.5) is 4.39 Å². The average molecular weight is 241 g/mol. The molecular formula is C11H16FN3O2. The molecule has 0 radical (unpaired) electrons. The minimum atomic E-state index is -0.466. The van der Waals surface area contributed by atoms with Crippen LogP contribution in [0, 0.1) is 5.82 Å². The van der Waals surface area contributed by atoms with Gasteiger partial charge in [0, 0.05) is 18.7 Å². The van der Waals surface area contributed by atoms with Crippen LogP contribution in [0.3, 0.4) is 0 Å². The minimum absolute atomic E-state index is 0.138. The molecule has 0 saturated carbocycles. The van der Waals surface area contributed by atoms with Gasteiger partial charge in [0.15, 0.2) is 5.84 Å². The summed E-state index contributed by atoms with van der Waals surface area (Å²) in [4.78, 5) is 0. The summed E-state index contributed by atoms with van der Waals surface area (Å²) in [5.41, 5.74) is 6.36. The van der Waals surface area contributed by atoms with Crippen molar-refractivity contribution in [2.45, 2.75) is 19.6 Å². The lowest BCUT2D eigenvalue weighted by Gasteiger charge is -2.08. The van der Waals surface area contributed by atoms with Crippen LogP contribution >= 0.6 is 0 Å². The Labute approximate surface area is 98.7 Å². The molecule has 1 rings (SSSR count). The fourth-order valence-electron chi connectivity index (χ4n) is 1.38. The van der Waals surface area contributed by atoms with E-state index in [0.29, 0.717) is 24.2 Å². The second-order valence-corrected chi connectivity index (χ2v) is 3.81. The first kappa shape index (κ1) is 13.4. The van der Waals surface area contributed by atoms with Crippen LogP contribution in [0.1, 0.15) is 18.1 Å². The van der Waals surface area contributed by atoms with Gasteiger partial charge in [-0.15, -0.1) is 0 Å². The van der Waals surface area contributed by atoms with Gasteiger partial charge in [-0.3, -0.25) is 0 Å². The van der Waals surface area contributed by atoms with Crippen molar-refractivity contribution in [1.29, 1.82) is 0 Å². The molecule has 0 fully saturated rings. The number of hydrogen-bond donors (Lipinski definition) is 4. The Morgan fingerprint density at radius 3 is 2.82 bits per heavy atom. The Kier molecular flexibility index (Phi) is 4.86. The summed E-state index contributed by atoms with van der Waals surface area (Å²) in [6.45, 7) is 2.46. The van der Waals surface area contributed by atoms with Crippen molar-refractivity contribution in [2.75, 3.05) is 6.54 Å². The van der Waals surface area contributed by atoms with Crippen molar-refractivity contribution in [3.63, 3.8) is 0 Å². The SMILES string of the molecule is CC(O)CNCc1cc(F)cc(/C(N)=N/O)c1. The molecule has 0 saturated heterocycles. The van der Waals surface area contributed by atoms with E-state index in [2.05, 4.69) is 10.5 Å². The van der Waals surface area contributed by atoms with Crippen molar-refractivity contribution in [1.82, 2.24) is 5.32 Å². The molecule has 94 valence electrons. The highest BCUT2D eigenvalue weighted by atomic mass is 19.1. The van der Waals surface area contributed by atoms with Gasteiger partial charge < -0.3 is 21.4 Å². The lowest BCUT2D eigenvalue weighted by atomic mass is 10.1. The molecule has 0 aliphatic heterocycles. The summed E-state index contributed by atoms with van der Waals surface area (Å²) in [6.07, 6.45) is -0.466. The minimum Gasteiger partial charge on any atom is -0.409 e. The topological polar surface area (TPSA) is 90.9 Å². The lowest BCUT2D eigenvalue weighted by Crippen LogP contribution is -2.24. The predicted octanol–water partition coefficient (Wildman–Crippen LogP) is 0.391. The predicted molar refractivity (Wildman–Crippen MR) is 62.3 cm³/mol. The zero-order valence-electron chi connectivity index (χ0n) is 9.52. The molecular weight excluding hydrogens is 225 g/mol. The molecule has 1 atom stereocenters. The standard InChI is InChI=1S/C11H16FN3O2/c1-7(16)5-14-6-8-2-9(11(13)15-17)4-10(12)3-8/h2-4,7,14,16-17H,5-6H2,1H3,(H2,13,15). The monoisotopic (exact) mass is 241 g/mol. The van der Waals surface area contributed by atoms with Crippen LogP contribution in [-0.2, 0) is 6.54 Å². The number of aliphatic hydroxyl groups excluding tert-OH is 1. The van der Waals surface area contributed by atoms with Crippen LogP contribution in [0.2, 0.25) is 0 Å². The van der Waals surface area contributed by atoms with E-state index in [1.807, 2.05) is 0 Å². The summed E-state index contributed by atoms with van der Waals surface area (Å²) in [6, 6.07) is 4.16. The zero-order chi connectivity index (χ0) is 12.8. The number of hydrogen-bond acceptors (Lipinski definition) is 4. The molecule has 0 heterocycles. The Bertz CT molecular complexity index is 408. The third kappa shape index (κ3) is 4.38. The molecule has 6 heteroatoms. The number of nitrogens with zero attached hydrogens (tertiary/aromatic N) is 1. The summed E-state index contributed by atoms with van der Waals surface area (Å²) >= 11 is 0. The number of benzene rings is 1. The van der Waals surface area contributed by atoms with Crippen LogP contribution in [0.25, 0.3) is 0 Å². The number of halogens is 1. The molecule has 0 spiro atoms. The van der Waals surface area contributed by atoms with Crippen LogP contribution in [-0.4, -0.2) is 28.8 Å². The molecule has 5 nitrogen and oxygen atoms in total. The number of nitrogens with two attached hydrogens (primary N) is 1. The maximum Gasteiger partial charge on any atom is 0.170 e. The number of aliphatic hydroxyl groups is 1. The van der Waals surface area contributed by atoms with Crippen molar-refractivity contribution >= 4 is 5.84 Å². The van der Waals surface area contributed by atoms with Crippen LogP contribution in [0.15, 0.2) is 23.4 Å². The number of rotatable bonds is 5. The first-order valence-electron chi connectivity index (χ1n) is 5.19. The summed E-state index contributed by atoms with van der Waals surface area (Å²) in [5.74, 6) is -0.593. The summed E-state index contributed by atoms with van der Waals surface area (Å²) in [7, 11) is 0. The van der Waals surface area contributed by atoms with E-state index in [-0.39, 0.29) is 5.84 Å². The fourth-order valence-corrected chi connectivity index (χ4v) is 1.38. The maximum absolute atomic E-state index is 13.2. The third-order valence-electron chi connectivity index (χ3n) is 2.13. The molecule has 1 aromatic carbocycles. The molecule has 0 aliphatic carbocycles. The van der Waals surface area contributed by atoms with Crippen molar-refractivity contribution < 1.29 is 14.7 Å². The molecule has 17 heavy (non-hydrogen) atoms. The highest BCUT2D eigenvalue weighted by molar-refractivity contribution is 5.97. The Morgan fingerprint density at radius 1 is 1.53 bits per heavy atom. The Balaban J connectivity index is 2.76. The van der Waals surface area contributed by atoms with Gasteiger partial charge >= 0.3 is 0 Å². The van der Waals surface area contributed by atoms with E-state index >= 15 is 0 Å². The van der Waals surface area contributed by atoms with Crippen LogP contribution < -0.4 is 11.1 Å². The lowest BCUT2D eigenvalue weighted by molar-refractivity contribution is 0.191. The third-order valence-corrected chi connectivity index (χ3v) is 2.13. The van der Waals surface area contributed by atoms with Gasteiger partial charge in [-0.2, -0.15) is 0 Å². The van der Waals surface area contributed by atoms with E-state index in [1.165, 1.54) is 12.1 Å². The van der Waals surface area contributed by atoms with Gasteiger partial charge in [0.2, 0.25) is 0 Å². The second-order valence-electron chi connectivity index (χ2n) is 3.81. The first-order chi connectivity index (χ1) is 8.02. The number of oxime groups is 1. The van der Waals surface area contributed by atoms with E-state index < -0.39 is 11.9 Å². The smallest absolute Gasteiger partial charge is 0.170 e. The molecule has 1 unspecified atom stereocenters. The largest absolute Gasteiger partial charge is 0.409 e. The van der Waals surface area contributed by atoms with Gasteiger partial charge in [0.05, 0.1) is 6.10 Å². The van der Waals surface area contributed by atoms with E-state index in [4.69, 9.17) is 16.0 Å². The molecule has 5 N–H and O–H groups in total. The summed E-state index contributed by atoms with van der Waals surface area (Å²) < 4.78 is 13.2. The first-order valence-corrected chi connectivity index (χ1v) is 5.19. The molecule has 0 aliphatic rings. The van der Waals surface area contributed by atoms with Gasteiger partial charge in [0.25, 0.3) is 0 Å². The molecule has 0 aromatic heterocycles. The van der Waals surface area contributed by atoms with Crippen molar-refractivity contribution in [2.24, 2.45) is 10.9 Å². The van der Waals surface area contributed by atoms with E-state index in [0.717, 1.165) is 0 Å². The maximum atomic E-state index is 13.2. The quantitative estimate of drug-likeness (QED) is 0.260. The van der Waals surface area contributed by atoms with Gasteiger partial charge in [0.1, 0.15) is 5.82 Å². The fraction of sp³-hybridized carbons (Fsp3) is 0.364. The van der Waals surface area contributed by atoms with Crippen LogP contribution in [0.5, 0.6) is 0 Å². The normalized spacial score (nSPS) is 13.7. The number of amidine groups is 1. The Morgan fingerprint density at radius 2 is 2.24 bits per heavy atom. The molecule has 1 aromatic rings.